The molecule has 0 radical (unpaired) electrons. The summed E-state index contributed by atoms with van der Waals surface area (Å²) in [4.78, 5) is 19.6. The molecule has 2 aromatic carbocycles. The summed E-state index contributed by atoms with van der Waals surface area (Å²) in [7, 11) is 2.00. The Kier molecular flexibility index (Phi) is 6.36. The number of anilines is 3. The molecule has 1 saturated heterocycles. The van der Waals surface area contributed by atoms with E-state index in [2.05, 4.69) is 30.7 Å². The minimum Gasteiger partial charge on any atom is -0.340 e. The highest BCUT2D eigenvalue weighted by molar-refractivity contribution is 6.08. The molecule has 1 aliphatic heterocycles. The second-order valence-electron chi connectivity index (χ2n) is 9.07. The van der Waals surface area contributed by atoms with Crippen LogP contribution in [0.2, 0.25) is 0 Å². The first kappa shape index (κ1) is 23.8. The molecule has 10 heteroatoms. The predicted octanol–water partition coefficient (Wildman–Crippen LogP) is 5.78. The Balaban J connectivity index is 1.41. The Bertz CT molecular complexity index is 1390. The molecule has 186 valence electrons. The summed E-state index contributed by atoms with van der Waals surface area (Å²) in [5, 5.41) is 13.6. The monoisotopic (exact) mass is 494 g/mol. The van der Waals surface area contributed by atoms with E-state index in [0.717, 1.165) is 42.9 Å². The van der Waals surface area contributed by atoms with Gasteiger partial charge in [-0.25, -0.2) is 4.98 Å². The number of piperidine rings is 1. The highest BCUT2D eigenvalue weighted by Gasteiger charge is 2.32. The maximum atomic E-state index is 13.7. The minimum absolute atomic E-state index is 0.00664. The zero-order valence-corrected chi connectivity index (χ0v) is 19.6. The zero-order chi connectivity index (χ0) is 25.3. The normalized spacial score (nSPS) is 15.2. The SMILES string of the molecule is CN1CCC(c2cc(NC(=O)c3cccnc3Nc3ccc4cn[nH]c4c3)cc(C(F)(F)F)c2)CC1. The standard InChI is InChI=1S/C26H25F3N6O/c1-35-9-6-16(7-10-35)18-11-19(26(27,28)29)13-21(12-18)33-25(36)22-3-2-8-30-24(22)32-20-5-4-17-15-31-34-23(17)14-20/h2-5,8,11-16H,6-7,9-10H2,1H3,(H,30,32)(H,31,34)(H,33,36). The van der Waals surface area contributed by atoms with Gasteiger partial charge < -0.3 is 15.5 Å². The van der Waals surface area contributed by atoms with Crippen LogP contribution in [0.15, 0.2) is 60.9 Å². The van der Waals surface area contributed by atoms with Gasteiger partial charge in [0, 0.05) is 23.0 Å². The zero-order valence-electron chi connectivity index (χ0n) is 19.6. The number of aromatic amines is 1. The lowest BCUT2D eigenvalue weighted by Gasteiger charge is -2.29. The summed E-state index contributed by atoms with van der Waals surface area (Å²) in [5.41, 5.74) is 1.63. The molecule has 3 heterocycles. The van der Waals surface area contributed by atoms with Gasteiger partial charge in [-0.05, 0) is 93.0 Å². The minimum atomic E-state index is -4.52. The Morgan fingerprint density at radius 2 is 1.89 bits per heavy atom. The number of rotatable bonds is 5. The Morgan fingerprint density at radius 1 is 1.08 bits per heavy atom. The lowest BCUT2D eigenvalue weighted by atomic mass is 9.88. The number of nitrogens with zero attached hydrogens (tertiary/aromatic N) is 3. The Hall–Kier alpha value is -3.92. The molecular weight excluding hydrogens is 469 g/mol. The molecular formula is C26H25F3N6O. The van der Waals surface area contributed by atoms with Crippen molar-refractivity contribution in [2.45, 2.75) is 24.9 Å². The van der Waals surface area contributed by atoms with E-state index in [0.29, 0.717) is 11.3 Å². The molecule has 3 N–H and O–H groups in total. The maximum Gasteiger partial charge on any atom is 0.416 e. The molecule has 36 heavy (non-hydrogen) atoms. The van der Waals surface area contributed by atoms with Gasteiger partial charge in [-0.1, -0.05) is 0 Å². The summed E-state index contributed by atoms with van der Waals surface area (Å²) < 4.78 is 41.1. The third-order valence-electron chi connectivity index (χ3n) is 6.49. The van der Waals surface area contributed by atoms with Crippen LogP contribution in [0.5, 0.6) is 0 Å². The molecule has 5 rings (SSSR count). The maximum absolute atomic E-state index is 13.7. The lowest BCUT2D eigenvalue weighted by Crippen LogP contribution is -2.29. The van der Waals surface area contributed by atoms with Crippen LogP contribution in [0.3, 0.4) is 0 Å². The average Bonchev–Trinajstić information content (AvgIpc) is 3.32. The van der Waals surface area contributed by atoms with Crippen molar-refractivity contribution < 1.29 is 18.0 Å². The van der Waals surface area contributed by atoms with Crippen molar-refractivity contribution in [1.29, 1.82) is 0 Å². The van der Waals surface area contributed by atoms with Crippen LogP contribution < -0.4 is 10.6 Å². The highest BCUT2D eigenvalue weighted by atomic mass is 19.4. The van der Waals surface area contributed by atoms with E-state index in [1.807, 2.05) is 25.2 Å². The van der Waals surface area contributed by atoms with Gasteiger partial charge >= 0.3 is 6.18 Å². The fourth-order valence-corrected chi connectivity index (χ4v) is 4.50. The first-order valence-electron chi connectivity index (χ1n) is 11.6. The first-order chi connectivity index (χ1) is 17.3. The summed E-state index contributed by atoms with van der Waals surface area (Å²) >= 11 is 0. The van der Waals surface area contributed by atoms with Crippen molar-refractivity contribution >= 4 is 34.0 Å². The molecule has 0 spiro atoms. The predicted molar refractivity (Wildman–Crippen MR) is 132 cm³/mol. The molecule has 0 bridgehead atoms. The van der Waals surface area contributed by atoms with Gasteiger partial charge in [0.15, 0.2) is 0 Å². The molecule has 0 atom stereocenters. The van der Waals surface area contributed by atoms with Crippen LogP contribution in [0.4, 0.5) is 30.4 Å². The number of aromatic nitrogens is 3. The van der Waals surface area contributed by atoms with Gasteiger partial charge in [-0.15, -0.1) is 0 Å². The van der Waals surface area contributed by atoms with E-state index in [9.17, 15) is 18.0 Å². The second-order valence-corrected chi connectivity index (χ2v) is 9.07. The molecule has 1 aliphatic rings. The van der Waals surface area contributed by atoms with E-state index in [1.54, 1.807) is 24.4 Å². The van der Waals surface area contributed by atoms with E-state index < -0.39 is 17.6 Å². The number of carbonyl (C=O) groups is 1. The van der Waals surface area contributed by atoms with Crippen LogP contribution in [0.25, 0.3) is 10.9 Å². The number of nitrogens with one attached hydrogen (secondary N) is 3. The number of fused-ring (bicyclic) bond motifs is 1. The molecule has 4 aromatic rings. The number of hydrogen-bond donors (Lipinski definition) is 3. The third-order valence-corrected chi connectivity index (χ3v) is 6.49. The van der Waals surface area contributed by atoms with Crippen LogP contribution in [0.1, 0.15) is 40.2 Å². The summed E-state index contributed by atoms with van der Waals surface area (Å²) in [5.74, 6) is -0.259. The number of alkyl halides is 3. The van der Waals surface area contributed by atoms with Gasteiger partial charge in [0.2, 0.25) is 0 Å². The third kappa shape index (κ3) is 5.18. The van der Waals surface area contributed by atoms with Crippen LogP contribution in [-0.4, -0.2) is 46.1 Å². The number of H-pyrrole nitrogens is 1. The van der Waals surface area contributed by atoms with Crippen molar-refractivity contribution in [3.63, 3.8) is 0 Å². The Morgan fingerprint density at radius 3 is 2.67 bits per heavy atom. The average molecular weight is 495 g/mol. The van der Waals surface area contributed by atoms with Crippen molar-refractivity contribution in [2.24, 2.45) is 0 Å². The van der Waals surface area contributed by atoms with E-state index in [-0.39, 0.29) is 23.0 Å². The quantitative estimate of drug-likeness (QED) is 0.327. The van der Waals surface area contributed by atoms with E-state index in [1.165, 1.54) is 12.3 Å². The molecule has 0 aliphatic carbocycles. The number of halogens is 3. The second kappa shape index (κ2) is 9.62. The number of likely N-dealkylation sites (tertiary alicyclic amines) is 1. The van der Waals surface area contributed by atoms with Crippen molar-refractivity contribution in [3.8, 4) is 0 Å². The number of hydrogen-bond acceptors (Lipinski definition) is 5. The van der Waals surface area contributed by atoms with Gasteiger partial charge in [-0.3, -0.25) is 9.89 Å². The fraction of sp³-hybridized carbons (Fsp3) is 0.269. The fourth-order valence-electron chi connectivity index (χ4n) is 4.50. The smallest absolute Gasteiger partial charge is 0.340 e. The van der Waals surface area contributed by atoms with E-state index >= 15 is 0 Å². The summed E-state index contributed by atoms with van der Waals surface area (Å²) in [6, 6.07) is 12.5. The number of carbonyl (C=O) groups excluding carboxylic acids is 1. The topological polar surface area (TPSA) is 85.9 Å². The molecule has 7 nitrogen and oxygen atoms in total. The number of benzene rings is 2. The van der Waals surface area contributed by atoms with Crippen molar-refractivity contribution in [3.05, 3.63) is 77.6 Å². The largest absolute Gasteiger partial charge is 0.416 e. The lowest BCUT2D eigenvalue weighted by molar-refractivity contribution is -0.137. The first-order valence-corrected chi connectivity index (χ1v) is 11.6. The number of pyridine rings is 1. The highest BCUT2D eigenvalue weighted by Crippen LogP contribution is 2.36. The molecule has 0 unspecified atom stereocenters. The van der Waals surface area contributed by atoms with Crippen molar-refractivity contribution in [2.75, 3.05) is 30.8 Å². The van der Waals surface area contributed by atoms with Gasteiger partial charge in [0.05, 0.1) is 22.8 Å². The molecule has 1 amide bonds. The number of amides is 1. The van der Waals surface area contributed by atoms with Crippen LogP contribution >= 0.6 is 0 Å². The van der Waals surface area contributed by atoms with Crippen LogP contribution in [0, 0.1) is 0 Å². The molecule has 0 saturated carbocycles. The summed E-state index contributed by atoms with van der Waals surface area (Å²) in [6.07, 6.45) is 0.252. The molecule has 1 fully saturated rings. The van der Waals surface area contributed by atoms with Crippen LogP contribution in [-0.2, 0) is 6.18 Å². The Labute approximate surface area is 205 Å². The van der Waals surface area contributed by atoms with Crippen molar-refractivity contribution in [1.82, 2.24) is 20.1 Å². The summed E-state index contributed by atoms with van der Waals surface area (Å²) in [6.45, 7) is 1.63. The van der Waals surface area contributed by atoms with Gasteiger partial charge in [0.25, 0.3) is 5.91 Å². The van der Waals surface area contributed by atoms with E-state index in [4.69, 9.17) is 0 Å². The van der Waals surface area contributed by atoms with Gasteiger partial charge in [0.1, 0.15) is 5.82 Å². The van der Waals surface area contributed by atoms with Gasteiger partial charge in [-0.2, -0.15) is 18.3 Å². The molecule has 2 aromatic heterocycles.